The van der Waals surface area contributed by atoms with Gasteiger partial charge in [0, 0.05) is 25.3 Å². The van der Waals surface area contributed by atoms with Gasteiger partial charge in [0.15, 0.2) is 0 Å². The first kappa shape index (κ1) is 17.0. The lowest BCUT2D eigenvalue weighted by Gasteiger charge is -2.26. The molecular weight excluding hydrogens is 324 g/mol. The Kier molecular flexibility index (Phi) is 5.18. The van der Waals surface area contributed by atoms with E-state index in [4.69, 9.17) is 4.74 Å². The molecule has 2 aromatic rings. The minimum absolute atomic E-state index is 0.325. The summed E-state index contributed by atoms with van der Waals surface area (Å²) in [7, 11) is -3.43. The van der Waals surface area contributed by atoms with Crippen molar-refractivity contribution in [1.29, 1.82) is 0 Å². The van der Waals surface area contributed by atoms with Gasteiger partial charge < -0.3 is 10.1 Å². The Hall–Kier alpha value is -1.89. The number of benzene rings is 2. The third kappa shape index (κ3) is 3.77. The molecule has 0 atom stereocenters. The molecule has 6 heteroatoms. The number of ether oxygens (including phenoxy) is 1. The zero-order chi connectivity index (χ0) is 17.0. The quantitative estimate of drug-likeness (QED) is 0.904. The van der Waals surface area contributed by atoms with Crippen LogP contribution in [0.2, 0.25) is 0 Å². The molecule has 1 aliphatic heterocycles. The predicted molar refractivity (Wildman–Crippen MR) is 94.5 cm³/mol. The molecule has 1 N–H and O–H groups in total. The first-order valence-corrected chi connectivity index (χ1v) is 9.48. The molecule has 0 bridgehead atoms. The molecule has 1 saturated heterocycles. The van der Waals surface area contributed by atoms with Gasteiger partial charge in [-0.1, -0.05) is 24.3 Å². The average Bonchev–Trinajstić information content (AvgIpc) is 2.62. The van der Waals surface area contributed by atoms with Crippen molar-refractivity contribution >= 4 is 15.7 Å². The second kappa shape index (κ2) is 7.34. The van der Waals surface area contributed by atoms with Gasteiger partial charge in [-0.25, -0.2) is 8.42 Å². The maximum atomic E-state index is 12.6. The van der Waals surface area contributed by atoms with Crippen molar-refractivity contribution in [1.82, 2.24) is 4.31 Å². The molecular formula is C18H22N2O3S. The third-order valence-corrected chi connectivity index (χ3v) is 6.12. The number of anilines is 1. The summed E-state index contributed by atoms with van der Waals surface area (Å²) in [5.41, 5.74) is 3.36. The minimum Gasteiger partial charge on any atom is -0.381 e. The zero-order valence-electron chi connectivity index (χ0n) is 13.7. The van der Waals surface area contributed by atoms with Gasteiger partial charge in [0.05, 0.1) is 18.1 Å². The topological polar surface area (TPSA) is 58.6 Å². The Morgan fingerprint density at radius 3 is 2.38 bits per heavy atom. The van der Waals surface area contributed by atoms with Crippen LogP contribution >= 0.6 is 0 Å². The van der Waals surface area contributed by atoms with E-state index in [0.717, 1.165) is 5.69 Å². The van der Waals surface area contributed by atoms with Crippen molar-refractivity contribution in [3.05, 3.63) is 59.7 Å². The molecule has 1 aliphatic rings. The highest BCUT2D eigenvalue weighted by molar-refractivity contribution is 7.89. The normalized spacial score (nSPS) is 16.0. The van der Waals surface area contributed by atoms with Crippen LogP contribution in [0.25, 0.3) is 0 Å². The van der Waals surface area contributed by atoms with E-state index in [1.54, 1.807) is 12.1 Å². The van der Waals surface area contributed by atoms with Crippen molar-refractivity contribution in [2.24, 2.45) is 0 Å². The van der Waals surface area contributed by atoms with Gasteiger partial charge in [0.2, 0.25) is 10.0 Å². The Balaban J connectivity index is 1.68. The molecule has 0 amide bonds. The highest BCUT2D eigenvalue weighted by Crippen LogP contribution is 2.20. The summed E-state index contributed by atoms with van der Waals surface area (Å²) >= 11 is 0. The summed E-state index contributed by atoms with van der Waals surface area (Å²) < 4.78 is 31.8. The summed E-state index contributed by atoms with van der Waals surface area (Å²) in [5.74, 6) is 0. The van der Waals surface area contributed by atoms with Crippen LogP contribution in [0.4, 0.5) is 5.69 Å². The van der Waals surface area contributed by atoms with Gasteiger partial charge in [-0.15, -0.1) is 0 Å². The van der Waals surface area contributed by atoms with Crippen LogP contribution in [0.3, 0.4) is 0 Å². The van der Waals surface area contributed by atoms with Crippen LogP contribution in [0.1, 0.15) is 11.1 Å². The van der Waals surface area contributed by atoms with Gasteiger partial charge in [-0.05, 0) is 42.3 Å². The molecule has 1 fully saturated rings. The summed E-state index contributed by atoms with van der Waals surface area (Å²) in [5, 5.41) is 3.33. The lowest BCUT2D eigenvalue weighted by atomic mass is 10.1. The predicted octanol–water partition coefficient (Wildman–Crippen LogP) is 2.63. The van der Waals surface area contributed by atoms with Crippen molar-refractivity contribution in [3.63, 3.8) is 0 Å². The Morgan fingerprint density at radius 1 is 1.04 bits per heavy atom. The average molecular weight is 346 g/mol. The fourth-order valence-electron chi connectivity index (χ4n) is 2.69. The van der Waals surface area contributed by atoms with Gasteiger partial charge in [-0.3, -0.25) is 0 Å². The highest BCUT2D eigenvalue weighted by atomic mass is 32.2. The van der Waals surface area contributed by atoms with Crippen LogP contribution in [-0.4, -0.2) is 39.0 Å². The maximum absolute atomic E-state index is 12.6. The standard InChI is InChI=1S/C18H22N2O3S/c1-15-4-2-3-5-16(15)14-19-17-6-8-18(9-7-17)24(21,22)20-10-12-23-13-11-20/h2-9,19H,10-14H2,1H3. The van der Waals surface area contributed by atoms with Crippen LogP contribution in [-0.2, 0) is 21.3 Å². The number of sulfonamides is 1. The van der Waals surface area contributed by atoms with E-state index in [1.807, 2.05) is 24.3 Å². The summed E-state index contributed by atoms with van der Waals surface area (Å²) in [6.45, 7) is 4.52. The molecule has 0 saturated carbocycles. The SMILES string of the molecule is Cc1ccccc1CNc1ccc(S(=O)(=O)N2CCOCC2)cc1. The van der Waals surface area contributed by atoms with Crippen LogP contribution in [0, 0.1) is 6.92 Å². The highest BCUT2D eigenvalue weighted by Gasteiger charge is 2.25. The van der Waals surface area contributed by atoms with E-state index >= 15 is 0 Å². The van der Waals surface area contributed by atoms with Crippen LogP contribution < -0.4 is 5.32 Å². The molecule has 5 nitrogen and oxygen atoms in total. The molecule has 3 rings (SSSR count). The first-order chi connectivity index (χ1) is 11.6. The Bertz CT molecular complexity index is 782. The number of aryl methyl sites for hydroxylation is 1. The lowest BCUT2D eigenvalue weighted by Crippen LogP contribution is -2.40. The van der Waals surface area contributed by atoms with Gasteiger partial charge in [0.1, 0.15) is 0 Å². The molecule has 0 aliphatic carbocycles. The number of nitrogens with zero attached hydrogens (tertiary/aromatic N) is 1. The molecule has 128 valence electrons. The Morgan fingerprint density at radius 2 is 1.71 bits per heavy atom. The minimum atomic E-state index is -3.43. The van der Waals surface area contributed by atoms with Crippen LogP contribution in [0.5, 0.6) is 0 Å². The monoisotopic (exact) mass is 346 g/mol. The summed E-state index contributed by atoms with van der Waals surface area (Å²) in [6, 6.07) is 15.1. The lowest BCUT2D eigenvalue weighted by molar-refractivity contribution is 0.0730. The Labute approximate surface area is 143 Å². The molecule has 24 heavy (non-hydrogen) atoms. The van der Waals surface area contributed by atoms with E-state index < -0.39 is 10.0 Å². The van der Waals surface area contributed by atoms with E-state index in [2.05, 4.69) is 24.4 Å². The number of hydrogen-bond acceptors (Lipinski definition) is 4. The smallest absolute Gasteiger partial charge is 0.243 e. The van der Waals surface area contributed by atoms with E-state index in [-0.39, 0.29) is 0 Å². The summed E-state index contributed by atoms with van der Waals surface area (Å²) in [6.07, 6.45) is 0. The van der Waals surface area contributed by atoms with Crippen molar-refractivity contribution in [3.8, 4) is 0 Å². The fraction of sp³-hybridized carbons (Fsp3) is 0.333. The number of morpholine rings is 1. The van der Waals surface area contributed by atoms with Crippen molar-refractivity contribution < 1.29 is 13.2 Å². The number of hydrogen-bond donors (Lipinski definition) is 1. The van der Waals surface area contributed by atoms with E-state index in [0.29, 0.717) is 37.7 Å². The van der Waals surface area contributed by atoms with Crippen LogP contribution in [0.15, 0.2) is 53.4 Å². The van der Waals surface area contributed by atoms with Crippen molar-refractivity contribution in [2.75, 3.05) is 31.6 Å². The largest absolute Gasteiger partial charge is 0.381 e. The van der Waals surface area contributed by atoms with E-state index in [1.165, 1.54) is 15.4 Å². The first-order valence-electron chi connectivity index (χ1n) is 8.04. The van der Waals surface area contributed by atoms with E-state index in [9.17, 15) is 8.42 Å². The number of nitrogens with one attached hydrogen (secondary N) is 1. The molecule has 0 spiro atoms. The molecule has 1 heterocycles. The molecule has 0 unspecified atom stereocenters. The molecule has 0 aromatic heterocycles. The van der Waals surface area contributed by atoms with Gasteiger partial charge >= 0.3 is 0 Å². The fourth-order valence-corrected chi connectivity index (χ4v) is 4.09. The molecule has 0 radical (unpaired) electrons. The third-order valence-electron chi connectivity index (χ3n) is 4.21. The molecule has 2 aromatic carbocycles. The second-order valence-electron chi connectivity index (χ2n) is 5.82. The van der Waals surface area contributed by atoms with Crippen molar-refractivity contribution in [2.45, 2.75) is 18.4 Å². The second-order valence-corrected chi connectivity index (χ2v) is 7.76. The zero-order valence-corrected chi connectivity index (χ0v) is 14.6. The van der Waals surface area contributed by atoms with Gasteiger partial charge in [-0.2, -0.15) is 4.31 Å². The summed E-state index contributed by atoms with van der Waals surface area (Å²) in [4.78, 5) is 0.325. The van der Waals surface area contributed by atoms with Gasteiger partial charge in [0.25, 0.3) is 0 Å². The maximum Gasteiger partial charge on any atom is 0.243 e. The number of rotatable bonds is 5.